The van der Waals surface area contributed by atoms with Crippen LogP contribution >= 0.6 is 0 Å². The summed E-state index contributed by atoms with van der Waals surface area (Å²) in [5, 5.41) is 3.64. The van der Waals surface area contributed by atoms with Crippen LogP contribution in [0.15, 0.2) is 42.5 Å². The summed E-state index contributed by atoms with van der Waals surface area (Å²) in [6.45, 7) is 5.34. The number of benzene rings is 2. The molecule has 0 radical (unpaired) electrons. The minimum Gasteiger partial charge on any atom is -0.497 e. The largest absolute Gasteiger partial charge is 0.497 e. The normalized spacial score (nSPS) is 16.9. The molecule has 2 aromatic carbocycles. The predicted molar refractivity (Wildman–Crippen MR) is 111 cm³/mol. The van der Waals surface area contributed by atoms with E-state index in [4.69, 9.17) is 9.47 Å². The summed E-state index contributed by atoms with van der Waals surface area (Å²) in [4.78, 5) is 2.41. The van der Waals surface area contributed by atoms with Crippen molar-refractivity contribution in [2.45, 2.75) is 38.3 Å². The highest BCUT2D eigenvalue weighted by Gasteiger charge is 2.21. The maximum atomic E-state index is 5.65. The van der Waals surface area contributed by atoms with Gasteiger partial charge in [-0.15, -0.1) is 0 Å². The number of nitrogens with one attached hydrogen (secondary N) is 1. The molecule has 0 aliphatic carbocycles. The standard InChI is InChI=1S/C23H32N2O2/c1-17(20-6-5-7-21(15-20)26-3)24-16-18-8-9-23(27-4)22(14-18)19-10-12-25(2)13-11-19/h5-9,14-15,17,19,24H,10-13,16H2,1-4H3. The summed E-state index contributed by atoms with van der Waals surface area (Å²) in [5.41, 5.74) is 3.90. The highest BCUT2D eigenvalue weighted by atomic mass is 16.5. The highest BCUT2D eigenvalue weighted by Crippen LogP contribution is 2.34. The van der Waals surface area contributed by atoms with Crippen LogP contribution in [0.5, 0.6) is 11.5 Å². The summed E-state index contributed by atoms with van der Waals surface area (Å²) >= 11 is 0. The molecule has 146 valence electrons. The van der Waals surface area contributed by atoms with E-state index in [1.54, 1.807) is 14.2 Å². The summed E-state index contributed by atoms with van der Waals surface area (Å²) < 4.78 is 11.0. The van der Waals surface area contributed by atoms with Crippen LogP contribution in [-0.2, 0) is 6.54 Å². The average Bonchev–Trinajstić information content (AvgIpc) is 2.72. The molecule has 0 amide bonds. The Morgan fingerprint density at radius 1 is 1.07 bits per heavy atom. The van der Waals surface area contributed by atoms with Crippen LogP contribution in [0.2, 0.25) is 0 Å². The zero-order chi connectivity index (χ0) is 19.2. The van der Waals surface area contributed by atoms with Crippen molar-refractivity contribution >= 4 is 0 Å². The second-order valence-electron chi connectivity index (χ2n) is 7.53. The minimum atomic E-state index is 0.258. The Bertz CT molecular complexity index is 739. The monoisotopic (exact) mass is 368 g/mol. The zero-order valence-corrected chi connectivity index (χ0v) is 17.0. The fourth-order valence-corrected chi connectivity index (χ4v) is 3.83. The van der Waals surface area contributed by atoms with Gasteiger partial charge in [0.15, 0.2) is 0 Å². The summed E-state index contributed by atoms with van der Waals surface area (Å²) in [6.07, 6.45) is 2.40. The molecule has 1 saturated heterocycles. The zero-order valence-electron chi connectivity index (χ0n) is 17.0. The summed E-state index contributed by atoms with van der Waals surface area (Å²) in [6, 6.07) is 15.1. The van der Waals surface area contributed by atoms with Gasteiger partial charge in [-0.25, -0.2) is 0 Å². The highest BCUT2D eigenvalue weighted by molar-refractivity contribution is 5.40. The molecule has 3 rings (SSSR count). The molecule has 1 heterocycles. The van der Waals surface area contributed by atoms with Gasteiger partial charge in [-0.3, -0.25) is 0 Å². The molecular formula is C23H32N2O2. The summed E-state index contributed by atoms with van der Waals surface area (Å²) in [7, 11) is 5.68. The van der Waals surface area contributed by atoms with Gasteiger partial charge >= 0.3 is 0 Å². The molecule has 0 spiro atoms. The average molecular weight is 369 g/mol. The van der Waals surface area contributed by atoms with Crippen LogP contribution in [0.3, 0.4) is 0 Å². The van der Waals surface area contributed by atoms with E-state index in [1.807, 2.05) is 12.1 Å². The third kappa shape index (κ3) is 5.02. The van der Waals surface area contributed by atoms with Gasteiger partial charge in [0.25, 0.3) is 0 Å². The van der Waals surface area contributed by atoms with Crippen LogP contribution < -0.4 is 14.8 Å². The SMILES string of the molecule is COc1cccc(C(C)NCc2ccc(OC)c(C3CCN(C)CC3)c2)c1. The fraction of sp³-hybridized carbons (Fsp3) is 0.478. The van der Waals surface area contributed by atoms with Gasteiger partial charge in [0.05, 0.1) is 14.2 Å². The second kappa shape index (κ2) is 9.25. The lowest BCUT2D eigenvalue weighted by molar-refractivity contribution is 0.252. The maximum Gasteiger partial charge on any atom is 0.122 e. The number of rotatable bonds is 7. The van der Waals surface area contributed by atoms with E-state index in [0.29, 0.717) is 5.92 Å². The van der Waals surface area contributed by atoms with Crippen LogP contribution in [0.4, 0.5) is 0 Å². The Kier molecular flexibility index (Phi) is 6.75. The minimum absolute atomic E-state index is 0.258. The first-order chi connectivity index (χ1) is 13.1. The second-order valence-corrected chi connectivity index (χ2v) is 7.53. The molecule has 1 unspecified atom stereocenters. The Morgan fingerprint density at radius 2 is 1.85 bits per heavy atom. The van der Waals surface area contributed by atoms with E-state index >= 15 is 0 Å². The molecule has 1 N–H and O–H groups in total. The Balaban J connectivity index is 1.68. The van der Waals surface area contributed by atoms with Gasteiger partial charge in [0, 0.05) is 12.6 Å². The third-order valence-corrected chi connectivity index (χ3v) is 5.66. The van der Waals surface area contributed by atoms with Gasteiger partial charge < -0.3 is 19.7 Å². The van der Waals surface area contributed by atoms with Crippen LogP contribution in [-0.4, -0.2) is 39.3 Å². The smallest absolute Gasteiger partial charge is 0.122 e. The van der Waals surface area contributed by atoms with Crippen molar-refractivity contribution in [3.63, 3.8) is 0 Å². The van der Waals surface area contributed by atoms with Crippen LogP contribution in [0.1, 0.15) is 48.4 Å². The van der Waals surface area contributed by atoms with Crippen molar-refractivity contribution in [2.24, 2.45) is 0 Å². The van der Waals surface area contributed by atoms with Gasteiger partial charge in [-0.1, -0.05) is 24.3 Å². The van der Waals surface area contributed by atoms with Crippen molar-refractivity contribution in [3.8, 4) is 11.5 Å². The number of likely N-dealkylation sites (tertiary alicyclic amines) is 1. The van der Waals surface area contributed by atoms with E-state index in [2.05, 4.69) is 54.5 Å². The van der Waals surface area contributed by atoms with Crippen molar-refractivity contribution in [1.82, 2.24) is 10.2 Å². The Labute approximate surface area is 163 Å². The van der Waals surface area contributed by atoms with E-state index in [0.717, 1.165) is 31.1 Å². The predicted octanol–water partition coefficient (Wildman–Crippen LogP) is 4.36. The number of methoxy groups -OCH3 is 2. The van der Waals surface area contributed by atoms with Crippen LogP contribution in [0.25, 0.3) is 0 Å². The fourth-order valence-electron chi connectivity index (χ4n) is 3.83. The van der Waals surface area contributed by atoms with Gasteiger partial charge in [0.2, 0.25) is 0 Å². The molecule has 2 aromatic rings. The first kappa shape index (κ1) is 19.7. The van der Waals surface area contributed by atoms with Crippen molar-refractivity contribution in [3.05, 3.63) is 59.2 Å². The van der Waals surface area contributed by atoms with E-state index in [9.17, 15) is 0 Å². The Morgan fingerprint density at radius 3 is 2.56 bits per heavy atom. The summed E-state index contributed by atoms with van der Waals surface area (Å²) in [5.74, 6) is 2.51. The van der Waals surface area contributed by atoms with Gasteiger partial charge in [-0.2, -0.15) is 0 Å². The maximum absolute atomic E-state index is 5.65. The number of hydrogen-bond donors (Lipinski definition) is 1. The molecule has 0 bridgehead atoms. The first-order valence-corrected chi connectivity index (χ1v) is 9.83. The van der Waals surface area contributed by atoms with Gasteiger partial charge in [-0.05, 0) is 80.7 Å². The topological polar surface area (TPSA) is 33.7 Å². The van der Waals surface area contributed by atoms with Crippen molar-refractivity contribution in [1.29, 1.82) is 0 Å². The molecular weight excluding hydrogens is 336 g/mol. The molecule has 1 atom stereocenters. The number of nitrogens with zero attached hydrogens (tertiary/aromatic N) is 1. The number of ether oxygens (including phenoxy) is 2. The number of hydrogen-bond acceptors (Lipinski definition) is 4. The molecule has 1 aliphatic rings. The lowest BCUT2D eigenvalue weighted by Gasteiger charge is -2.30. The van der Waals surface area contributed by atoms with Crippen molar-refractivity contribution < 1.29 is 9.47 Å². The van der Waals surface area contributed by atoms with E-state index < -0.39 is 0 Å². The molecule has 0 aromatic heterocycles. The van der Waals surface area contributed by atoms with E-state index in [1.165, 1.54) is 29.5 Å². The van der Waals surface area contributed by atoms with Crippen molar-refractivity contribution in [2.75, 3.05) is 34.4 Å². The molecule has 1 fully saturated rings. The van der Waals surface area contributed by atoms with E-state index in [-0.39, 0.29) is 6.04 Å². The lowest BCUT2D eigenvalue weighted by atomic mass is 9.88. The quantitative estimate of drug-likeness (QED) is 0.787. The third-order valence-electron chi connectivity index (χ3n) is 5.66. The molecule has 0 saturated carbocycles. The van der Waals surface area contributed by atoms with Gasteiger partial charge in [0.1, 0.15) is 11.5 Å². The first-order valence-electron chi connectivity index (χ1n) is 9.83. The molecule has 27 heavy (non-hydrogen) atoms. The molecule has 4 nitrogen and oxygen atoms in total. The Hall–Kier alpha value is -2.04. The molecule has 4 heteroatoms. The number of piperidine rings is 1. The molecule has 1 aliphatic heterocycles. The lowest BCUT2D eigenvalue weighted by Crippen LogP contribution is -2.29. The van der Waals surface area contributed by atoms with Crippen LogP contribution in [0, 0.1) is 0 Å².